The van der Waals surface area contributed by atoms with E-state index in [1.54, 1.807) is 38.6 Å². The van der Waals surface area contributed by atoms with Crippen LogP contribution in [0.25, 0.3) is 0 Å². The number of carbonyl (C=O) groups is 1. The summed E-state index contributed by atoms with van der Waals surface area (Å²) in [6, 6.07) is 19.0. The van der Waals surface area contributed by atoms with E-state index in [4.69, 9.17) is 9.47 Å². The molecule has 0 aliphatic heterocycles. The molecule has 1 aromatic heterocycles. The van der Waals surface area contributed by atoms with Crippen molar-refractivity contribution in [3.05, 3.63) is 78.0 Å². The van der Waals surface area contributed by atoms with E-state index in [2.05, 4.69) is 15.6 Å². The van der Waals surface area contributed by atoms with Gasteiger partial charge in [0, 0.05) is 18.8 Å². The molecule has 0 fully saturated rings. The van der Waals surface area contributed by atoms with Crippen molar-refractivity contribution in [3.8, 4) is 11.5 Å². The molecule has 2 N–H and O–H groups in total. The molecule has 0 aliphatic carbocycles. The molecule has 0 saturated heterocycles. The monoisotopic (exact) mass is 377 g/mol. The molecule has 3 rings (SSSR count). The first-order valence-corrected chi connectivity index (χ1v) is 8.97. The summed E-state index contributed by atoms with van der Waals surface area (Å²) in [6.07, 6.45) is 2.34. The van der Waals surface area contributed by atoms with E-state index in [9.17, 15) is 4.79 Å². The highest BCUT2D eigenvalue weighted by Crippen LogP contribution is 2.30. The number of anilines is 2. The van der Waals surface area contributed by atoms with E-state index in [0.717, 1.165) is 12.1 Å². The van der Waals surface area contributed by atoms with Crippen molar-refractivity contribution < 1.29 is 14.3 Å². The molecule has 0 unspecified atom stereocenters. The molecule has 6 heteroatoms. The van der Waals surface area contributed by atoms with Crippen LogP contribution >= 0.6 is 0 Å². The quantitative estimate of drug-likeness (QED) is 0.624. The van der Waals surface area contributed by atoms with Gasteiger partial charge in [0.1, 0.15) is 17.3 Å². The first kappa shape index (κ1) is 19.2. The fourth-order valence-corrected chi connectivity index (χ4v) is 2.71. The molecule has 0 atom stereocenters. The third-order valence-electron chi connectivity index (χ3n) is 4.24. The number of pyridine rings is 1. The summed E-state index contributed by atoms with van der Waals surface area (Å²) in [5.41, 5.74) is 2.46. The van der Waals surface area contributed by atoms with E-state index in [0.29, 0.717) is 29.4 Å². The lowest BCUT2D eigenvalue weighted by molar-refractivity contribution is 0.0954. The maximum atomic E-state index is 12.3. The minimum Gasteiger partial charge on any atom is -0.497 e. The van der Waals surface area contributed by atoms with Crippen LogP contribution < -0.4 is 20.1 Å². The maximum absolute atomic E-state index is 12.3. The molecular weight excluding hydrogens is 354 g/mol. The van der Waals surface area contributed by atoms with Crippen LogP contribution in [0, 0.1) is 0 Å². The lowest BCUT2D eigenvalue weighted by Crippen LogP contribution is -2.25. The Labute approximate surface area is 164 Å². The zero-order chi connectivity index (χ0) is 19.8. The molecule has 6 nitrogen and oxygen atoms in total. The lowest BCUT2D eigenvalue weighted by atomic mass is 10.1. The van der Waals surface area contributed by atoms with Gasteiger partial charge in [-0.3, -0.25) is 4.79 Å². The number of amides is 1. The van der Waals surface area contributed by atoms with Gasteiger partial charge >= 0.3 is 0 Å². The molecule has 1 heterocycles. The zero-order valence-corrected chi connectivity index (χ0v) is 15.9. The number of benzene rings is 2. The maximum Gasteiger partial charge on any atom is 0.252 e. The van der Waals surface area contributed by atoms with Gasteiger partial charge in [0.05, 0.1) is 25.5 Å². The van der Waals surface area contributed by atoms with Crippen LogP contribution in [0.5, 0.6) is 11.5 Å². The lowest BCUT2D eigenvalue weighted by Gasteiger charge is -2.12. The number of rotatable bonds is 8. The van der Waals surface area contributed by atoms with Crippen LogP contribution in [0.15, 0.2) is 66.9 Å². The number of carbonyl (C=O) groups excluding carboxylic acids is 1. The first-order chi connectivity index (χ1) is 13.7. The van der Waals surface area contributed by atoms with Crippen molar-refractivity contribution >= 4 is 17.4 Å². The zero-order valence-electron chi connectivity index (χ0n) is 15.9. The van der Waals surface area contributed by atoms with Gasteiger partial charge in [-0.1, -0.05) is 30.3 Å². The SMILES string of the molecule is COc1ccc(Nc2ccc(C(=O)NCCc3ccccc3)cn2)c(OC)c1. The predicted octanol–water partition coefficient (Wildman–Crippen LogP) is 3.81. The molecule has 0 spiro atoms. The summed E-state index contributed by atoms with van der Waals surface area (Å²) < 4.78 is 10.6. The second-order valence-corrected chi connectivity index (χ2v) is 6.11. The van der Waals surface area contributed by atoms with Gasteiger partial charge in [-0.25, -0.2) is 4.98 Å². The number of nitrogens with one attached hydrogen (secondary N) is 2. The number of methoxy groups -OCH3 is 2. The molecule has 0 saturated carbocycles. The minimum atomic E-state index is -0.142. The Kier molecular flexibility index (Phi) is 6.46. The number of nitrogens with zero attached hydrogens (tertiary/aromatic N) is 1. The van der Waals surface area contributed by atoms with Gasteiger partial charge in [-0.15, -0.1) is 0 Å². The summed E-state index contributed by atoms with van der Waals surface area (Å²) in [5, 5.41) is 6.10. The van der Waals surface area contributed by atoms with Gasteiger partial charge in [0.25, 0.3) is 5.91 Å². The highest BCUT2D eigenvalue weighted by molar-refractivity contribution is 5.94. The second kappa shape index (κ2) is 9.41. The van der Waals surface area contributed by atoms with Gasteiger partial charge < -0.3 is 20.1 Å². The Bertz CT molecular complexity index is 912. The highest BCUT2D eigenvalue weighted by Gasteiger charge is 2.08. The fourth-order valence-electron chi connectivity index (χ4n) is 2.71. The van der Waals surface area contributed by atoms with Crippen LogP contribution in [0.1, 0.15) is 15.9 Å². The standard InChI is InChI=1S/C22H23N3O3/c1-27-18-9-10-19(20(14-18)28-2)25-21-11-8-17(15-24-21)22(26)23-13-12-16-6-4-3-5-7-16/h3-11,14-15H,12-13H2,1-2H3,(H,23,26)(H,24,25). The van der Waals surface area contributed by atoms with Gasteiger partial charge in [0.15, 0.2) is 0 Å². The van der Waals surface area contributed by atoms with Gasteiger partial charge in [-0.05, 0) is 36.2 Å². The predicted molar refractivity (Wildman–Crippen MR) is 110 cm³/mol. The largest absolute Gasteiger partial charge is 0.497 e. The number of hydrogen-bond acceptors (Lipinski definition) is 5. The molecule has 3 aromatic rings. The Hall–Kier alpha value is -3.54. The van der Waals surface area contributed by atoms with Crippen molar-refractivity contribution in [2.45, 2.75) is 6.42 Å². The smallest absolute Gasteiger partial charge is 0.252 e. The third-order valence-corrected chi connectivity index (χ3v) is 4.24. The fraction of sp³-hybridized carbons (Fsp3) is 0.182. The molecule has 0 radical (unpaired) electrons. The van der Waals surface area contributed by atoms with Crippen molar-refractivity contribution in [1.82, 2.24) is 10.3 Å². The minimum absolute atomic E-state index is 0.142. The molecule has 28 heavy (non-hydrogen) atoms. The molecule has 2 aromatic carbocycles. The normalized spacial score (nSPS) is 10.2. The highest BCUT2D eigenvalue weighted by atomic mass is 16.5. The van der Waals surface area contributed by atoms with E-state index in [-0.39, 0.29) is 5.91 Å². The summed E-state index contributed by atoms with van der Waals surface area (Å²) >= 11 is 0. The van der Waals surface area contributed by atoms with Crippen molar-refractivity contribution in [1.29, 1.82) is 0 Å². The summed E-state index contributed by atoms with van der Waals surface area (Å²) in [4.78, 5) is 16.6. The van der Waals surface area contributed by atoms with Gasteiger partial charge in [-0.2, -0.15) is 0 Å². The summed E-state index contributed by atoms with van der Waals surface area (Å²) in [6.45, 7) is 0.575. The molecule has 1 amide bonds. The van der Waals surface area contributed by atoms with E-state index < -0.39 is 0 Å². The molecular formula is C22H23N3O3. The van der Waals surface area contributed by atoms with Crippen LogP contribution in [0.2, 0.25) is 0 Å². The summed E-state index contributed by atoms with van der Waals surface area (Å²) in [7, 11) is 3.20. The Morgan fingerprint density at radius 2 is 1.82 bits per heavy atom. The first-order valence-electron chi connectivity index (χ1n) is 8.97. The Morgan fingerprint density at radius 3 is 2.50 bits per heavy atom. The Balaban J connectivity index is 1.58. The van der Waals surface area contributed by atoms with E-state index >= 15 is 0 Å². The van der Waals surface area contributed by atoms with Gasteiger partial charge in [0.2, 0.25) is 0 Å². The average Bonchev–Trinajstić information content (AvgIpc) is 2.75. The van der Waals surface area contributed by atoms with E-state index in [1.165, 1.54) is 5.56 Å². The number of hydrogen-bond donors (Lipinski definition) is 2. The van der Waals surface area contributed by atoms with Crippen LogP contribution in [-0.4, -0.2) is 31.7 Å². The molecule has 0 aliphatic rings. The number of aromatic nitrogens is 1. The number of ether oxygens (including phenoxy) is 2. The average molecular weight is 377 g/mol. The van der Waals surface area contributed by atoms with Crippen molar-refractivity contribution in [2.24, 2.45) is 0 Å². The van der Waals surface area contributed by atoms with Crippen molar-refractivity contribution in [2.75, 3.05) is 26.1 Å². The second-order valence-electron chi connectivity index (χ2n) is 6.11. The topological polar surface area (TPSA) is 72.5 Å². The molecule has 144 valence electrons. The van der Waals surface area contributed by atoms with Crippen LogP contribution in [0.4, 0.5) is 11.5 Å². The van der Waals surface area contributed by atoms with Crippen molar-refractivity contribution in [3.63, 3.8) is 0 Å². The van der Waals surface area contributed by atoms with Crippen LogP contribution in [-0.2, 0) is 6.42 Å². The third kappa shape index (κ3) is 5.01. The van der Waals surface area contributed by atoms with Crippen LogP contribution in [0.3, 0.4) is 0 Å². The Morgan fingerprint density at radius 1 is 1.00 bits per heavy atom. The van der Waals surface area contributed by atoms with E-state index in [1.807, 2.05) is 42.5 Å². The summed E-state index contributed by atoms with van der Waals surface area (Å²) in [5.74, 6) is 1.82. The molecule has 0 bridgehead atoms.